The second kappa shape index (κ2) is 8.28. The van der Waals surface area contributed by atoms with Gasteiger partial charge in [-0.2, -0.15) is 0 Å². The van der Waals surface area contributed by atoms with Crippen LogP contribution in [0.3, 0.4) is 0 Å². The van der Waals surface area contributed by atoms with E-state index in [4.69, 9.17) is 0 Å². The molecule has 0 aliphatic heterocycles. The van der Waals surface area contributed by atoms with Crippen molar-refractivity contribution in [3.8, 4) is 0 Å². The third-order valence-electron chi connectivity index (χ3n) is 4.76. The molecule has 0 amide bonds. The van der Waals surface area contributed by atoms with Gasteiger partial charge in [-0.05, 0) is 37.5 Å². The van der Waals surface area contributed by atoms with Crippen LogP contribution in [0.25, 0.3) is 0 Å². The maximum atomic E-state index is 11.7. The smallest absolute Gasteiger partial charge is 0.307 e. The maximum Gasteiger partial charge on any atom is 0.307 e. The number of rotatable bonds is 8. The Balaban J connectivity index is 2.89. The summed E-state index contributed by atoms with van der Waals surface area (Å²) in [6, 6.07) is 0. The van der Waals surface area contributed by atoms with Crippen LogP contribution >= 0.6 is 0 Å². The minimum absolute atomic E-state index is 0.157. The standard InChI is InChI=1S/C16H28O4/c1-3-5-7-11-9-10-13(15(17)18)12(8-6-4-2)14(11)16(19)20/h11-14H,3-10H2,1-2H3,(H,17,18)(H,19,20). The second-order valence-corrected chi connectivity index (χ2v) is 6.09. The van der Waals surface area contributed by atoms with Gasteiger partial charge in [0.25, 0.3) is 0 Å². The van der Waals surface area contributed by atoms with Crippen molar-refractivity contribution in [2.75, 3.05) is 0 Å². The highest BCUT2D eigenvalue weighted by Crippen LogP contribution is 2.43. The average molecular weight is 284 g/mol. The molecule has 1 saturated carbocycles. The van der Waals surface area contributed by atoms with E-state index in [1.165, 1.54) is 0 Å². The van der Waals surface area contributed by atoms with Gasteiger partial charge in [-0.25, -0.2) is 0 Å². The molecule has 0 aromatic carbocycles. The van der Waals surface area contributed by atoms with Crippen LogP contribution in [0.1, 0.15) is 65.2 Å². The molecule has 20 heavy (non-hydrogen) atoms. The molecule has 0 saturated heterocycles. The van der Waals surface area contributed by atoms with Crippen molar-refractivity contribution < 1.29 is 19.8 Å². The highest BCUT2D eigenvalue weighted by molar-refractivity contribution is 5.75. The van der Waals surface area contributed by atoms with E-state index in [0.29, 0.717) is 6.42 Å². The molecule has 0 radical (unpaired) electrons. The molecule has 4 unspecified atom stereocenters. The molecule has 0 aromatic rings. The topological polar surface area (TPSA) is 74.6 Å². The van der Waals surface area contributed by atoms with Crippen LogP contribution in [0.4, 0.5) is 0 Å². The quantitative estimate of drug-likeness (QED) is 0.711. The van der Waals surface area contributed by atoms with E-state index in [-0.39, 0.29) is 11.8 Å². The van der Waals surface area contributed by atoms with Crippen LogP contribution in [0.2, 0.25) is 0 Å². The monoisotopic (exact) mass is 284 g/mol. The normalized spacial score (nSPS) is 30.1. The van der Waals surface area contributed by atoms with Gasteiger partial charge in [0.1, 0.15) is 0 Å². The van der Waals surface area contributed by atoms with Crippen LogP contribution in [-0.2, 0) is 9.59 Å². The van der Waals surface area contributed by atoms with Crippen molar-refractivity contribution >= 4 is 11.9 Å². The number of unbranched alkanes of at least 4 members (excludes halogenated alkanes) is 2. The summed E-state index contributed by atoms with van der Waals surface area (Å²) in [6.45, 7) is 4.16. The van der Waals surface area contributed by atoms with E-state index in [9.17, 15) is 19.8 Å². The van der Waals surface area contributed by atoms with Crippen molar-refractivity contribution in [1.29, 1.82) is 0 Å². The van der Waals surface area contributed by atoms with Gasteiger partial charge >= 0.3 is 11.9 Å². The molecule has 0 spiro atoms. The van der Waals surface area contributed by atoms with Gasteiger partial charge in [0.2, 0.25) is 0 Å². The van der Waals surface area contributed by atoms with Crippen LogP contribution in [-0.4, -0.2) is 22.2 Å². The zero-order valence-corrected chi connectivity index (χ0v) is 12.7. The first-order chi connectivity index (χ1) is 9.52. The van der Waals surface area contributed by atoms with Gasteiger partial charge in [0, 0.05) is 0 Å². The highest BCUT2D eigenvalue weighted by Gasteiger charge is 2.45. The van der Waals surface area contributed by atoms with E-state index in [2.05, 4.69) is 13.8 Å². The van der Waals surface area contributed by atoms with E-state index in [1.54, 1.807) is 0 Å². The number of hydrogen-bond donors (Lipinski definition) is 2. The van der Waals surface area contributed by atoms with Gasteiger partial charge in [-0.1, -0.05) is 39.5 Å². The minimum Gasteiger partial charge on any atom is -0.481 e. The second-order valence-electron chi connectivity index (χ2n) is 6.09. The van der Waals surface area contributed by atoms with E-state index >= 15 is 0 Å². The first kappa shape index (κ1) is 17.0. The molecule has 4 heteroatoms. The highest BCUT2D eigenvalue weighted by atomic mass is 16.4. The zero-order valence-electron chi connectivity index (χ0n) is 12.7. The lowest BCUT2D eigenvalue weighted by Crippen LogP contribution is -2.42. The lowest BCUT2D eigenvalue weighted by molar-refractivity contribution is -0.156. The molecule has 0 bridgehead atoms. The summed E-state index contributed by atoms with van der Waals surface area (Å²) in [5.74, 6) is -2.58. The van der Waals surface area contributed by atoms with Crippen LogP contribution < -0.4 is 0 Å². The van der Waals surface area contributed by atoms with E-state index in [1.807, 2.05) is 0 Å². The third kappa shape index (κ3) is 4.22. The van der Waals surface area contributed by atoms with Crippen LogP contribution in [0, 0.1) is 23.7 Å². The van der Waals surface area contributed by atoms with Gasteiger partial charge in [-0.15, -0.1) is 0 Å². The fourth-order valence-electron chi connectivity index (χ4n) is 3.69. The molecular formula is C16H28O4. The fourth-order valence-corrected chi connectivity index (χ4v) is 3.69. The van der Waals surface area contributed by atoms with Crippen LogP contribution in [0.15, 0.2) is 0 Å². The summed E-state index contributed by atoms with van der Waals surface area (Å²) >= 11 is 0. The Morgan fingerprint density at radius 1 is 0.950 bits per heavy atom. The summed E-state index contributed by atoms with van der Waals surface area (Å²) in [6.07, 6.45) is 7.03. The predicted molar refractivity (Wildman–Crippen MR) is 77.5 cm³/mol. The first-order valence-corrected chi connectivity index (χ1v) is 7.98. The van der Waals surface area contributed by atoms with Gasteiger partial charge < -0.3 is 10.2 Å². The summed E-state index contributed by atoms with van der Waals surface area (Å²) in [5.41, 5.74) is 0. The van der Waals surface area contributed by atoms with Crippen molar-refractivity contribution in [3.63, 3.8) is 0 Å². The maximum absolute atomic E-state index is 11.7. The zero-order chi connectivity index (χ0) is 15.1. The largest absolute Gasteiger partial charge is 0.481 e. The Morgan fingerprint density at radius 2 is 1.55 bits per heavy atom. The minimum atomic E-state index is -0.814. The van der Waals surface area contributed by atoms with Gasteiger partial charge in [-0.3, -0.25) is 9.59 Å². The fraction of sp³-hybridized carbons (Fsp3) is 0.875. The molecular weight excluding hydrogens is 256 g/mol. The predicted octanol–water partition coefficient (Wildman–Crippen LogP) is 3.79. The molecule has 4 nitrogen and oxygen atoms in total. The van der Waals surface area contributed by atoms with Gasteiger partial charge in [0.05, 0.1) is 11.8 Å². The molecule has 0 heterocycles. The number of aliphatic carboxylic acids is 2. The lowest BCUT2D eigenvalue weighted by Gasteiger charge is -2.39. The van der Waals surface area contributed by atoms with Crippen molar-refractivity contribution in [3.05, 3.63) is 0 Å². The first-order valence-electron chi connectivity index (χ1n) is 7.98. The summed E-state index contributed by atoms with van der Waals surface area (Å²) in [5, 5.41) is 19.0. The molecule has 1 aliphatic carbocycles. The molecule has 2 N–H and O–H groups in total. The van der Waals surface area contributed by atoms with Crippen molar-refractivity contribution in [2.24, 2.45) is 23.7 Å². The van der Waals surface area contributed by atoms with Crippen LogP contribution in [0.5, 0.6) is 0 Å². The Labute approximate surface area is 121 Å². The Hall–Kier alpha value is -1.06. The van der Waals surface area contributed by atoms with Crippen molar-refractivity contribution in [1.82, 2.24) is 0 Å². The number of carbonyl (C=O) groups is 2. The Morgan fingerprint density at radius 3 is 2.05 bits per heavy atom. The molecule has 1 aliphatic rings. The number of carboxylic acid groups (broad SMARTS) is 2. The SMILES string of the molecule is CCCCC1CCC(C(=O)O)C(CCCC)C1C(=O)O. The lowest BCUT2D eigenvalue weighted by atomic mass is 9.63. The summed E-state index contributed by atoms with van der Waals surface area (Å²) in [4.78, 5) is 23.1. The Bertz CT molecular complexity index is 326. The summed E-state index contributed by atoms with van der Waals surface area (Å²) in [7, 11) is 0. The van der Waals surface area contributed by atoms with Crippen molar-refractivity contribution in [2.45, 2.75) is 65.2 Å². The number of carboxylic acids is 2. The number of hydrogen-bond acceptors (Lipinski definition) is 2. The molecule has 4 atom stereocenters. The Kier molecular flexibility index (Phi) is 7.03. The summed E-state index contributed by atoms with van der Waals surface area (Å²) < 4.78 is 0. The molecule has 116 valence electrons. The third-order valence-corrected chi connectivity index (χ3v) is 4.76. The molecule has 0 aromatic heterocycles. The van der Waals surface area contributed by atoms with E-state index < -0.39 is 23.8 Å². The van der Waals surface area contributed by atoms with E-state index in [0.717, 1.165) is 44.9 Å². The van der Waals surface area contributed by atoms with Gasteiger partial charge in [0.15, 0.2) is 0 Å². The molecule has 1 rings (SSSR count). The molecule has 1 fully saturated rings. The average Bonchev–Trinajstić information content (AvgIpc) is 2.41.